The number of aromatic nitrogens is 2. The van der Waals surface area contributed by atoms with Gasteiger partial charge in [0.1, 0.15) is 17.3 Å². The van der Waals surface area contributed by atoms with Crippen LogP contribution in [-0.2, 0) is 17.8 Å². The number of imidazole rings is 1. The van der Waals surface area contributed by atoms with Crippen LogP contribution in [0.5, 0.6) is 11.5 Å². The molecular weight excluding hydrogens is 474 g/mol. The number of rotatable bonds is 14. The van der Waals surface area contributed by atoms with Crippen molar-refractivity contribution in [3.8, 4) is 11.5 Å². The van der Waals surface area contributed by atoms with Gasteiger partial charge in [0.25, 0.3) is 5.91 Å². The second kappa shape index (κ2) is 13.5. The fraction of sp³-hybridized carbons (Fsp3) is 0.310. The van der Waals surface area contributed by atoms with Gasteiger partial charge in [-0.05, 0) is 67.8 Å². The Morgan fingerprint density at radius 3 is 2.42 bits per heavy atom. The number of benzene rings is 3. The minimum atomic E-state index is -0.0959. The van der Waals surface area contributed by atoms with E-state index >= 15 is 0 Å². The fourth-order valence-electron chi connectivity index (χ4n) is 4.04. The van der Waals surface area contributed by atoms with Gasteiger partial charge in [-0.2, -0.15) is 0 Å². The Hall–Kier alpha value is -3.51. The number of halogens is 1. The first-order valence-electron chi connectivity index (χ1n) is 12.5. The topological polar surface area (TPSA) is 65.4 Å². The smallest absolute Gasteiger partial charge is 0.257 e. The maximum Gasteiger partial charge on any atom is 0.257 e. The van der Waals surface area contributed by atoms with Crippen molar-refractivity contribution in [2.45, 2.75) is 38.6 Å². The highest BCUT2D eigenvalue weighted by Gasteiger charge is 2.10. The average Bonchev–Trinajstić information content (AvgIpc) is 3.26. The first kappa shape index (κ1) is 25.6. The number of carbonyl (C=O) groups is 1. The van der Waals surface area contributed by atoms with Crippen molar-refractivity contribution in [3.05, 3.63) is 89.7 Å². The summed E-state index contributed by atoms with van der Waals surface area (Å²) in [6, 6.07) is 25.1. The van der Waals surface area contributed by atoms with E-state index in [4.69, 9.17) is 26.1 Å². The SMILES string of the molecule is O=C(COc1ccccc1)NCCCCCc1nc2ccccc2n1CCCOc1ccc(Cl)cc1. The molecule has 7 heteroatoms. The number of hydrogen-bond acceptors (Lipinski definition) is 4. The molecule has 1 amide bonds. The van der Waals surface area contributed by atoms with Crippen LogP contribution in [0, 0.1) is 0 Å². The average molecular weight is 506 g/mol. The Labute approximate surface area is 217 Å². The number of nitrogens with one attached hydrogen (secondary N) is 1. The Balaban J connectivity index is 1.18. The summed E-state index contributed by atoms with van der Waals surface area (Å²) in [6.45, 7) is 2.16. The molecule has 0 fully saturated rings. The van der Waals surface area contributed by atoms with Crippen molar-refractivity contribution < 1.29 is 14.3 Å². The van der Waals surface area contributed by atoms with Gasteiger partial charge in [0.2, 0.25) is 0 Å². The zero-order valence-electron chi connectivity index (χ0n) is 20.4. The number of para-hydroxylation sites is 3. The highest BCUT2D eigenvalue weighted by Crippen LogP contribution is 2.19. The van der Waals surface area contributed by atoms with Crippen molar-refractivity contribution >= 4 is 28.5 Å². The fourth-order valence-corrected chi connectivity index (χ4v) is 4.16. The first-order valence-corrected chi connectivity index (χ1v) is 12.8. The second-order valence-corrected chi connectivity index (χ2v) is 9.02. The molecule has 0 radical (unpaired) electrons. The molecule has 0 saturated heterocycles. The number of carbonyl (C=O) groups excluding carboxylic acids is 1. The predicted molar refractivity (Wildman–Crippen MR) is 144 cm³/mol. The number of ether oxygens (including phenoxy) is 2. The molecule has 1 heterocycles. The van der Waals surface area contributed by atoms with E-state index in [2.05, 4.69) is 28.1 Å². The van der Waals surface area contributed by atoms with Gasteiger partial charge < -0.3 is 19.4 Å². The highest BCUT2D eigenvalue weighted by molar-refractivity contribution is 6.30. The van der Waals surface area contributed by atoms with Crippen molar-refractivity contribution in [1.29, 1.82) is 0 Å². The van der Waals surface area contributed by atoms with E-state index in [1.54, 1.807) is 0 Å². The zero-order chi connectivity index (χ0) is 25.0. The summed E-state index contributed by atoms with van der Waals surface area (Å²) in [5, 5.41) is 3.63. The first-order chi connectivity index (χ1) is 17.7. The van der Waals surface area contributed by atoms with Crippen LogP contribution in [0.25, 0.3) is 11.0 Å². The van der Waals surface area contributed by atoms with E-state index in [1.807, 2.05) is 60.7 Å². The summed E-state index contributed by atoms with van der Waals surface area (Å²) in [5.74, 6) is 2.53. The molecule has 0 bridgehead atoms. The molecule has 0 saturated carbocycles. The molecule has 4 rings (SSSR count). The maximum atomic E-state index is 12.0. The third-order valence-corrected chi connectivity index (χ3v) is 6.11. The lowest BCUT2D eigenvalue weighted by molar-refractivity contribution is -0.123. The molecule has 36 heavy (non-hydrogen) atoms. The summed E-state index contributed by atoms with van der Waals surface area (Å²) in [5.41, 5.74) is 2.18. The van der Waals surface area contributed by atoms with Crippen LogP contribution < -0.4 is 14.8 Å². The van der Waals surface area contributed by atoms with E-state index in [0.717, 1.165) is 61.3 Å². The van der Waals surface area contributed by atoms with Gasteiger partial charge >= 0.3 is 0 Å². The Bertz CT molecular complexity index is 1230. The molecule has 0 aliphatic heterocycles. The van der Waals surface area contributed by atoms with Crippen LogP contribution in [0.4, 0.5) is 0 Å². The van der Waals surface area contributed by atoms with E-state index in [-0.39, 0.29) is 12.5 Å². The number of amides is 1. The third-order valence-electron chi connectivity index (χ3n) is 5.85. The van der Waals surface area contributed by atoms with Crippen molar-refractivity contribution in [2.75, 3.05) is 19.8 Å². The molecule has 3 aromatic carbocycles. The predicted octanol–water partition coefficient (Wildman–Crippen LogP) is 6.07. The standard InChI is InChI=1S/C29H32ClN3O3/c30-23-15-17-25(18-16-23)35-21-9-20-33-27-13-7-6-12-26(27)32-28(33)14-5-2-8-19-31-29(34)22-36-24-10-3-1-4-11-24/h1,3-4,6-7,10-13,15-18H,2,5,8-9,14,19-22H2,(H,31,34). The van der Waals surface area contributed by atoms with Gasteiger partial charge in [-0.1, -0.05) is 48.4 Å². The summed E-state index contributed by atoms with van der Waals surface area (Å²) < 4.78 is 13.6. The van der Waals surface area contributed by atoms with E-state index in [0.29, 0.717) is 23.9 Å². The largest absolute Gasteiger partial charge is 0.494 e. The monoisotopic (exact) mass is 505 g/mol. The molecule has 0 aliphatic carbocycles. The molecular formula is C29H32ClN3O3. The van der Waals surface area contributed by atoms with Crippen LogP contribution in [0.3, 0.4) is 0 Å². The lowest BCUT2D eigenvalue weighted by atomic mass is 10.2. The van der Waals surface area contributed by atoms with Crippen LogP contribution in [0.15, 0.2) is 78.9 Å². The number of fused-ring (bicyclic) bond motifs is 1. The summed E-state index contributed by atoms with van der Waals surface area (Å²) in [7, 11) is 0. The van der Waals surface area contributed by atoms with Gasteiger partial charge in [-0.3, -0.25) is 4.79 Å². The molecule has 1 aromatic heterocycles. The van der Waals surface area contributed by atoms with Crippen LogP contribution in [0.2, 0.25) is 5.02 Å². The number of nitrogens with zero attached hydrogens (tertiary/aromatic N) is 2. The number of unbranched alkanes of at least 4 members (excludes halogenated alkanes) is 2. The van der Waals surface area contributed by atoms with Gasteiger partial charge in [0, 0.05) is 24.5 Å². The highest BCUT2D eigenvalue weighted by atomic mass is 35.5. The van der Waals surface area contributed by atoms with Crippen LogP contribution >= 0.6 is 11.6 Å². The van der Waals surface area contributed by atoms with Crippen molar-refractivity contribution in [2.24, 2.45) is 0 Å². The molecule has 4 aromatic rings. The van der Waals surface area contributed by atoms with E-state index in [9.17, 15) is 4.79 Å². The van der Waals surface area contributed by atoms with Gasteiger partial charge in [0.05, 0.1) is 17.6 Å². The second-order valence-electron chi connectivity index (χ2n) is 8.59. The third kappa shape index (κ3) is 7.75. The van der Waals surface area contributed by atoms with Gasteiger partial charge in [0.15, 0.2) is 6.61 Å². The lowest BCUT2D eigenvalue weighted by Gasteiger charge is -2.11. The summed E-state index contributed by atoms with van der Waals surface area (Å²) in [4.78, 5) is 16.9. The molecule has 1 N–H and O–H groups in total. The van der Waals surface area contributed by atoms with Crippen molar-refractivity contribution in [3.63, 3.8) is 0 Å². The molecule has 0 atom stereocenters. The molecule has 6 nitrogen and oxygen atoms in total. The van der Waals surface area contributed by atoms with Gasteiger partial charge in [-0.25, -0.2) is 4.98 Å². The molecule has 0 spiro atoms. The Kier molecular flexibility index (Phi) is 9.62. The normalized spacial score (nSPS) is 10.9. The molecule has 0 unspecified atom stereocenters. The lowest BCUT2D eigenvalue weighted by Crippen LogP contribution is -2.29. The van der Waals surface area contributed by atoms with Crippen LogP contribution in [-0.4, -0.2) is 35.2 Å². The summed E-state index contributed by atoms with van der Waals surface area (Å²) >= 11 is 5.94. The van der Waals surface area contributed by atoms with Gasteiger partial charge in [-0.15, -0.1) is 0 Å². The number of hydrogen-bond donors (Lipinski definition) is 1. The maximum absolute atomic E-state index is 12.0. The Morgan fingerprint density at radius 1 is 0.833 bits per heavy atom. The zero-order valence-corrected chi connectivity index (χ0v) is 21.1. The summed E-state index contributed by atoms with van der Waals surface area (Å²) in [6.07, 6.45) is 4.74. The Morgan fingerprint density at radius 2 is 1.58 bits per heavy atom. The number of aryl methyl sites for hydroxylation is 2. The molecule has 0 aliphatic rings. The van der Waals surface area contributed by atoms with Crippen molar-refractivity contribution in [1.82, 2.24) is 14.9 Å². The minimum absolute atomic E-state index is 0.0375. The quantitative estimate of drug-likeness (QED) is 0.211. The van der Waals surface area contributed by atoms with Crippen LogP contribution in [0.1, 0.15) is 31.5 Å². The van der Waals surface area contributed by atoms with E-state index < -0.39 is 0 Å². The molecule has 188 valence electrons. The minimum Gasteiger partial charge on any atom is -0.494 e. The van der Waals surface area contributed by atoms with E-state index in [1.165, 1.54) is 0 Å².